The molecule has 1 saturated heterocycles. The van der Waals surface area contributed by atoms with Crippen LogP contribution in [-0.2, 0) is 4.79 Å². The van der Waals surface area contributed by atoms with Crippen LogP contribution in [0, 0.1) is 0 Å². The number of benzene rings is 1. The summed E-state index contributed by atoms with van der Waals surface area (Å²) in [5.74, 6) is 0.241. The normalized spacial score (nSPS) is 25.5. The molecule has 1 aliphatic heterocycles. The molecule has 1 aromatic carbocycles. The molecule has 1 fully saturated rings. The van der Waals surface area contributed by atoms with Gasteiger partial charge in [0.25, 0.3) is 0 Å². The van der Waals surface area contributed by atoms with E-state index in [4.69, 9.17) is 0 Å². The van der Waals surface area contributed by atoms with Crippen molar-refractivity contribution in [1.29, 1.82) is 0 Å². The summed E-state index contributed by atoms with van der Waals surface area (Å²) in [5, 5.41) is 13.5. The number of aliphatic hydroxyl groups excluding tert-OH is 1. The van der Waals surface area contributed by atoms with Crippen LogP contribution in [0.2, 0.25) is 0 Å². The van der Waals surface area contributed by atoms with Gasteiger partial charge in [-0.1, -0.05) is 30.3 Å². The molecule has 1 heterocycles. The molecular weight excluding hydrogens is 312 g/mol. The molecule has 0 saturated carbocycles. The molecule has 124 valence electrons. The van der Waals surface area contributed by atoms with Gasteiger partial charge in [0.1, 0.15) is 5.76 Å². The third kappa shape index (κ3) is 4.43. The van der Waals surface area contributed by atoms with Crippen LogP contribution in [0.3, 0.4) is 0 Å². The summed E-state index contributed by atoms with van der Waals surface area (Å²) in [5.41, 5.74) is 1.51. The maximum Gasteiger partial charge on any atom is 0.168 e. The number of ketones is 1. The average Bonchev–Trinajstić information content (AvgIpc) is 2.56. The highest BCUT2D eigenvalue weighted by molar-refractivity contribution is 6.14. The summed E-state index contributed by atoms with van der Waals surface area (Å²) in [4.78, 5) is 16.8. The summed E-state index contributed by atoms with van der Waals surface area (Å²) in [6, 6.07) is 10.1. The Balaban J connectivity index is 0.00000192. The Hall–Kier alpha value is -1.65. The van der Waals surface area contributed by atoms with E-state index in [1.165, 1.54) is 0 Å². The molecule has 2 aliphatic rings. The summed E-state index contributed by atoms with van der Waals surface area (Å²) in [7, 11) is 0. The zero-order valence-corrected chi connectivity index (χ0v) is 13.9. The Morgan fingerprint density at radius 1 is 1.22 bits per heavy atom. The van der Waals surface area contributed by atoms with E-state index in [2.05, 4.69) is 10.3 Å². The first-order valence-electron chi connectivity index (χ1n) is 7.98. The topological polar surface area (TPSA) is 61.7 Å². The van der Waals surface area contributed by atoms with Gasteiger partial charge in [-0.15, -0.1) is 12.4 Å². The van der Waals surface area contributed by atoms with Crippen LogP contribution in [0.1, 0.15) is 37.2 Å². The molecule has 5 heteroatoms. The Labute approximate surface area is 143 Å². The Morgan fingerprint density at radius 2 is 2.00 bits per heavy atom. The highest BCUT2D eigenvalue weighted by Crippen LogP contribution is 2.32. The molecular formula is C18H23ClN2O2. The maximum atomic E-state index is 12.3. The first-order valence-corrected chi connectivity index (χ1v) is 7.98. The Morgan fingerprint density at radius 3 is 2.65 bits per heavy atom. The number of allylic oxidation sites excluding steroid dienone is 2. The molecule has 0 amide bonds. The standard InChI is InChI=1S/C18H22N2O2.ClH/c21-17-9-14(13-5-2-1-3-6-13)10-18(22)16(17)12-20-15-7-4-8-19-11-15;/h1-3,5-6,12,14-15,19,21H,4,7-11H2;1H. The molecule has 0 bridgehead atoms. The minimum atomic E-state index is -0.00915. The molecule has 1 aliphatic carbocycles. The molecule has 0 aromatic heterocycles. The van der Waals surface area contributed by atoms with Crippen molar-refractivity contribution in [2.75, 3.05) is 13.1 Å². The van der Waals surface area contributed by atoms with Crippen molar-refractivity contribution in [3.63, 3.8) is 0 Å². The summed E-state index contributed by atoms with van der Waals surface area (Å²) in [6.45, 7) is 1.89. The van der Waals surface area contributed by atoms with Gasteiger partial charge in [0.15, 0.2) is 5.78 Å². The van der Waals surface area contributed by atoms with Gasteiger partial charge >= 0.3 is 0 Å². The number of aliphatic imine (C=N–C) groups is 1. The van der Waals surface area contributed by atoms with E-state index in [1.54, 1.807) is 6.21 Å². The summed E-state index contributed by atoms with van der Waals surface area (Å²) >= 11 is 0. The fraction of sp³-hybridized carbons (Fsp3) is 0.444. The van der Waals surface area contributed by atoms with Crippen LogP contribution in [0.5, 0.6) is 0 Å². The van der Waals surface area contributed by atoms with Crippen LogP contribution >= 0.6 is 12.4 Å². The van der Waals surface area contributed by atoms with Crippen molar-refractivity contribution in [3.05, 3.63) is 47.2 Å². The number of halogens is 1. The first kappa shape index (κ1) is 17.7. The number of hydrogen-bond acceptors (Lipinski definition) is 4. The molecule has 0 radical (unpaired) electrons. The molecule has 2 N–H and O–H groups in total. The Bertz CT molecular complexity index is 592. The van der Waals surface area contributed by atoms with Crippen molar-refractivity contribution in [3.8, 4) is 0 Å². The lowest BCUT2D eigenvalue weighted by Gasteiger charge is -2.23. The maximum absolute atomic E-state index is 12.3. The van der Waals surface area contributed by atoms with Gasteiger partial charge in [0, 0.05) is 25.6 Å². The third-order valence-corrected chi connectivity index (χ3v) is 4.44. The summed E-state index contributed by atoms with van der Waals surface area (Å²) < 4.78 is 0. The number of piperidine rings is 1. The molecule has 1 aromatic rings. The third-order valence-electron chi connectivity index (χ3n) is 4.44. The van der Waals surface area contributed by atoms with Crippen molar-refractivity contribution >= 4 is 24.4 Å². The first-order chi connectivity index (χ1) is 10.7. The van der Waals surface area contributed by atoms with Crippen molar-refractivity contribution in [1.82, 2.24) is 5.32 Å². The van der Waals surface area contributed by atoms with Gasteiger partial charge in [-0.05, 0) is 30.9 Å². The van der Waals surface area contributed by atoms with Gasteiger partial charge in [-0.3, -0.25) is 9.79 Å². The lowest BCUT2D eigenvalue weighted by Crippen LogP contribution is -2.32. The van der Waals surface area contributed by atoms with Crippen LogP contribution in [0.25, 0.3) is 0 Å². The molecule has 0 spiro atoms. The molecule has 4 nitrogen and oxygen atoms in total. The Kier molecular flexibility index (Phi) is 6.37. The van der Waals surface area contributed by atoms with E-state index in [0.717, 1.165) is 31.5 Å². The highest BCUT2D eigenvalue weighted by Gasteiger charge is 2.27. The van der Waals surface area contributed by atoms with E-state index >= 15 is 0 Å². The number of hydrogen-bond donors (Lipinski definition) is 2. The predicted molar refractivity (Wildman–Crippen MR) is 94.7 cm³/mol. The average molecular weight is 335 g/mol. The zero-order valence-electron chi connectivity index (χ0n) is 13.1. The van der Waals surface area contributed by atoms with Crippen molar-refractivity contribution in [2.24, 2.45) is 4.99 Å². The van der Waals surface area contributed by atoms with E-state index in [-0.39, 0.29) is 35.9 Å². The minimum absolute atomic E-state index is 0. The smallest absolute Gasteiger partial charge is 0.168 e. The fourth-order valence-electron chi connectivity index (χ4n) is 3.16. The van der Waals surface area contributed by atoms with Gasteiger partial charge in [0.2, 0.25) is 0 Å². The van der Waals surface area contributed by atoms with E-state index < -0.39 is 0 Å². The van der Waals surface area contributed by atoms with Crippen LogP contribution < -0.4 is 5.32 Å². The van der Waals surface area contributed by atoms with E-state index in [0.29, 0.717) is 18.4 Å². The molecule has 23 heavy (non-hydrogen) atoms. The predicted octanol–water partition coefficient (Wildman–Crippen LogP) is 3.19. The van der Waals surface area contributed by atoms with Gasteiger partial charge in [-0.2, -0.15) is 0 Å². The number of nitrogens with one attached hydrogen (secondary N) is 1. The molecule has 2 unspecified atom stereocenters. The number of Topliss-reactive ketones (excluding diaryl/α,β-unsaturated/α-hetero) is 1. The zero-order chi connectivity index (χ0) is 15.4. The second kappa shape index (κ2) is 8.27. The SMILES string of the molecule is Cl.O=C1CC(c2ccccc2)CC(O)=C1C=NC1CCCNC1. The molecule has 3 rings (SSSR count). The van der Waals surface area contributed by atoms with Crippen LogP contribution in [0.4, 0.5) is 0 Å². The number of carbonyl (C=O) groups is 1. The van der Waals surface area contributed by atoms with E-state index in [1.807, 2.05) is 30.3 Å². The van der Waals surface area contributed by atoms with Gasteiger partial charge < -0.3 is 10.4 Å². The number of nitrogens with zero attached hydrogens (tertiary/aromatic N) is 1. The van der Waals surface area contributed by atoms with Gasteiger partial charge in [-0.25, -0.2) is 0 Å². The second-order valence-corrected chi connectivity index (χ2v) is 6.08. The molecule has 2 atom stereocenters. The summed E-state index contributed by atoms with van der Waals surface area (Å²) in [6.07, 6.45) is 4.70. The van der Waals surface area contributed by atoms with E-state index in [9.17, 15) is 9.90 Å². The second-order valence-electron chi connectivity index (χ2n) is 6.08. The number of aliphatic hydroxyl groups is 1. The quantitative estimate of drug-likeness (QED) is 0.834. The lowest BCUT2D eigenvalue weighted by atomic mass is 9.83. The monoisotopic (exact) mass is 334 g/mol. The van der Waals surface area contributed by atoms with Crippen molar-refractivity contribution < 1.29 is 9.90 Å². The fourth-order valence-corrected chi connectivity index (χ4v) is 3.16. The number of carbonyl (C=O) groups excluding carboxylic acids is 1. The largest absolute Gasteiger partial charge is 0.511 e. The van der Waals surface area contributed by atoms with Crippen LogP contribution in [-0.4, -0.2) is 36.2 Å². The number of rotatable bonds is 3. The minimum Gasteiger partial charge on any atom is -0.511 e. The highest BCUT2D eigenvalue weighted by atomic mass is 35.5. The van der Waals surface area contributed by atoms with Crippen LogP contribution in [0.15, 0.2) is 46.7 Å². The van der Waals surface area contributed by atoms with Crippen molar-refractivity contribution in [2.45, 2.75) is 37.6 Å². The lowest BCUT2D eigenvalue weighted by molar-refractivity contribution is -0.116. The van der Waals surface area contributed by atoms with Gasteiger partial charge in [0.05, 0.1) is 11.6 Å².